The molecule has 1 aromatic heterocycles. The van der Waals surface area contributed by atoms with Gasteiger partial charge in [-0.05, 0) is 60.7 Å². The molecule has 1 atom stereocenters. The lowest BCUT2D eigenvalue weighted by Crippen LogP contribution is -2.31. The van der Waals surface area contributed by atoms with E-state index in [9.17, 15) is 0 Å². The fourth-order valence-corrected chi connectivity index (χ4v) is 4.30. The van der Waals surface area contributed by atoms with Crippen LogP contribution in [0.4, 0.5) is 5.69 Å². The number of anilines is 1. The van der Waals surface area contributed by atoms with Crippen LogP contribution in [-0.2, 0) is 13.0 Å². The Kier molecular flexibility index (Phi) is 4.67. The molecular formula is C17H21BrN2S. The zero-order valence-electron chi connectivity index (χ0n) is 12.5. The van der Waals surface area contributed by atoms with E-state index >= 15 is 0 Å². The molecule has 0 radical (unpaired) electrons. The van der Waals surface area contributed by atoms with E-state index in [0.717, 1.165) is 30.5 Å². The van der Waals surface area contributed by atoms with E-state index in [4.69, 9.17) is 0 Å². The van der Waals surface area contributed by atoms with Crippen LogP contribution in [0.15, 0.2) is 34.1 Å². The van der Waals surface area contributed by atoms with Crippen LogP contribution >= 0.6 is 27.3 Å². The van der Waals surface area contributed by atoms with Crippen LogP contribution in [0.25, 0.3) is 0 Å². The Morgan fingerprint density at radius 3 is 3.05 bits per heavy atom. The van der Waals surface area contributed by atoms with E-state index in [1.807, 2.05) is 11.3 Å². The minimum atomic E-state index is 0.367. The summed E-state index contributed by atoms with van der Waals surface area (Å²) in [4.78, 5) is 4.08. The van der Waals surface area contributed by atoms with Gasteiger partial charge >= 0.3 is 0 Å². The summed E-state index contributed by atoms with van der Waals surface area (Å²) in [5.41, 5.74) is 4.24. The second kappa shape index (κ2) is 6.51. The first-order valence-electron chi connectivity index (χ1n) is 7.52. The van der Waals surface area contributed by atoms with E-state index in [1.54, 1.807) is 4.88 Å². The SMILES string of the molecule is CCNC(C)c1cc(Br)ccc1N1CCc2sccc2C1. The largest absolute Gasteiger partial charge is 0.367 e. The highest BCUT2D eigenvalue weighted by Crippen LogP contribution is 2.34. The molecule has 0 bridgehead atoms. The molecule has 0 amide bonds. The van der Waals surface area contributed by atoms with Crippen molar-refractivity contribution in [1.29, 1.82) is 0 Å². The molecule has 3 rings (SSSR count). The van der Waals surface area contributed by atoms with Crippen molar-refractivity contribution >= 4 is 33.0 Å². The van der Waals surface area contributed by atoms with Gasteiger partial charge in [0.1, 0.15) is 0 Å². The summed E-state index contributed by atoms with van der Waals surface area (Å²) < 4.78 is 1.15. The van der Waals surface area contributed by atoms with E-state index in [0.29, 0.717) is 6.04 Å². The zero-order chi connectivity index (χ0) is 14.8. The quantitative estimate of drug-likeness (QED) is 0.842. The Balaban J connectivity index is 1.91. The summed E-state index contributed by atoms with van der Waals surface area (Å²) in [5, 5.41) is 5.76. The molecule has 1 aromatic carbocycles. The second-order valence-corrected chi connectivity index (χ2v) is 7.44. The van der Waals surface area contributed by atoms with Crippen molar-refractivity contribution in [2.75, 3.05) is 18.0 Å². The maximum Gasteiger partial charge on any atom is 0.0440 e. The van der Waals surface area contributed by atoms with Gasteiger partial charge in [-0.25, -0.2) is 0 Å². The molecule has 0 fully saturated rings. The van der Waals surface area contributed by atoms with E-state index in [2.05, 4.69) is 69.6 Å². The van der Waals surface area contributed by atoms with Crippen LogP contribution in [0.5, 0.6) is 0 Å². The minimum Gasteiger partial charge on any atom is -0.367 e. The number of halogens is 1. The lowest BCUT2D eigenvalue weighted by Gasteiger charge is -2.32. The fraction of sp³-hybridized carbons (Fsp3) is 0.412. The molecule has 1 unspecified atom stereocenters. The van der Waals surface area contributed by atoms with Crippen molar-refractivity contribution in [2.24, 2.45) is 0 Å². The Hall–Kier alpha value is -0.840. The van der Waals surface area contributed by atoms with Crippen LogP contribution < -0.4 is 10.2 Å². The first-order chi connectivity index (χ1) is 10.2. The molecule has 1 aliphatic rings. The Labute approximate surface area is 139 Å². The van der Waals surface area contributed by atoms with Gasteiger partial charge in [-0.15, -0.1) is 11.3 Å². The van der Waals surface area contributed by atoms with Gasteiger partial charge in [0.2, 0.25) is 0 Å². The maximum atomic E-state index is 3.61. The van der Waals surface area contributed by atoms with Crippen LogP contribution in [-0.4, -0.2) is 13.1 Å². The van der Waals surface area contributed by atoms with E-state index in [1.165, 1.54) is 16.8 Å². The molecule has 0 saturated heterocycles. The third kappa shape index (κ3) is 3.17. The summed E-state index contributed by atoms with van der Waals surface area (Å²) in [6.07, 6.45) is 1.16. The Morgan fingerprint density at radius 1 is 1.38 bits per heavy atom. The number of fused-ring (bicyclic) bond motifs is 1. The van der Waals surface area contributed by atoms with Gasteiger partial charge in [0.25, 0.3) is 0 Å². The summed E-state index contributed by atoms with van der Waals surface area (Å²) in [6, 6.07) is 9.31. The number of nitrogens with zero attached hydrogens (tertiary/aromatic N) is 1. The first-order valence-corrected chi connectivity index (χ1v) is 9.19. The fourth-order valence-electron chi connectivity index (χ4n) is 3.03. The molecule has 0 aliphatic carbocycles. The average molecular weight is 365 g/mol. The molecule has 0 spiro atoms. The molecule has 4 heteroatoms. The van der Waals surface area contributed by atoms with Crippen LogP contribution in [0.3, 0.4) is 0 Å². The predicted molar refractivity (Wildman–Crippen MR) is 95.3 cm³/mol. The number of rotatable bonds is 4. The van der Waals surface area contributed by atoms with Gasteiger partial charge in [-0.3, -0.25) is 0 Å². The number of thiophene rings is 1. The Morgan fingerprint density at radius 2 is 2.24 bits per heavy atom. The molecule has 1 aliphatic heterocycles. The topological polar surface area (TPSA) is 15.3 Å². The molecule has 2 nitrogen and oxygen atoms in total. The maximum absolute atomic E-state index is 3.61. The molecule has 2 aromatic rings. The van der Waals surface area contributed by atoms with Gasteiger partial charge in [-0.2, -0.15) is 0 Å². The summed E-state index contributed by atoms with van der Waals surface area (Å²) >= 11 is 5.51. The molecule has 2 heterocycles. The van der Waals surface area contributed by atoms with Crippen molar-refractivity contribution in [3.8, 4) is 0 Å². The number of hydrogen-bond donors (Lipinski definition) is 1. The standard InChI is InChI=1S/C17H21BrN2S/c1-3-19-12(2)15-10-14(18)4-5-16(15)20-8-6-17-13(11-20)7-9-21-17/h4-5,7,9-10,12,19H,3,6,8,11H2,1-2H3. The highest BCUT2D eigenvalue weighted by molar-refractivity contribution is 9.10. The number of nitrogens with one attached hydrogen (secondary N) is 1. The third-order valence-electron chi connectivity index (χ3n) is 4.11. The number of hydrogen-bond acceptors (Lipinski definition) is 3. The highest BCUT2D eigenvalue weighted by atomic mass is 79.9. The first kappa shape index (κ1) is 15.1. The van der Waals surface area contributed by atoms with Crippen LogP contribution in [0.2, 0.25) is 0 Å². The third-order valence-corrected chi connectivity index (χ3v) is 5.63. The summed E-state index contributed by atoms with van der Waals surface area (Å²) in [6.45, 7) is 7.54. The van der Waals surface area contributed by atoms with Crippen molar-refractivity contribution in [3.05, 3.63) is 50.1 Å². The van der Waals surface area contributed by atoms with Gasteiger partial charge in [-0.1, -0.05) is 22.9 Å². The monoisotopic (exact) mass is 364 g/mol. The smallest absolute Gasteiger partial charge is 0.0440 e. The van der Waals surface area contributed by atoms with Crippen LogP contribution in [0.1, 0.15) is 35.9 Å². The van der Waals surface area contributed by atoms with Crippen molar-refractivity contribution in [2.45, 2.75) is 32.9 Å². The van der Waals surface area contributed by atoms with E-state index in [-0.39, 0.29) is 0 Å². The van der Waals surface area contributed by atoms with Gasteiger partial charge in [0.15, 0.2) is 0 Å². The normalized spacial score (nSPS) is 15.9. The summed E-state index contributed by atoms with van der Waals surface area (Å²) in [5.74, 6) is 0. The van der Waals surface area contributed by atoms with Gasteiger partial charge in [0.05, 0.1) is 0 Å². The molecule has 21 heavy (non-hydrogen) atoms. The van der Waals surface area contributed by atoms with Gasteiger partial charge in [0, 0.05) is 34.2 Å². The van der Waals surface area contributed by atoms with Crippen LogP contribution in [0, 0.1) is 0 Å². The lowest BCUT2D eigenvalue weighted by atomic mass is 10.0. The zero-order valence-corrected chi connectivity index (χ0v) is 14.9. The second-order valence-electron chi connectivity index (χ2n) is 5.52. The van der Waals surface area contributed by atoms with Crippen molar-refractivity contribution in [3.63, 3.8) is 0 Å². The van der Waals surface area contributed by atoms with Crippen molar-refractivity contribution in [1.82, 2.24) is 5.32 Å². The highest BCUT2D eigenvalue weighted by Gasteiger charge is 2.21. The van der Waals surface area contributed by atoms with E-state index < -0.39 is 0 Å². The predicted octanol–water partition coefficient (Wildman–Crippen LogP) is 4.74. The van der Waals surface area contributed by atoms with Gasteiger partial charge < -0.3 is 10.2 Å². The number of benzene rings is 1. The molecule has 1 N–H and O–H groups in total. The molecular weight excluding hydrogens is 344 g/mol. The average Bonchev–Trinajstić information content (AvgIpc) is 2.94. The Bertz CT molecular complexity index is 623. The van der Waals surface area contributed by atoms with Crippen molar-refractivity contribution < 1.29 is 0 Å². The minimum absolute atomic E-state index is 0.367. The molecule has 112 valence electrons. The lowest BCUT2D eigenvalue weighted by molar-refractivity contribution is 0.593. The summed E-state index contributed by atoms with van der Waals surface area (Å²) in [7, 11) is 0. The molecule has 0 saturated carbocycles.